The number of oxazole rings is 1. The first-order valence-electron chi connectivity index (χ1n) is 11.7. The van der Waals surface area contributed by atoms with E-state index in [1.54, 1.807) is 22.9 Å². The summed E-state index contributed by atoms with van der Waals surface area (Å²) in [6.07, 6.45) is 0.280. The molecule has 0 aliphatic carbocycles. The van der Waals surface area contributed by atoms with Gasteiger partial charge in [-0.1, -0.05) is 20.8 Å². The van der Waals surface area contributed by atoms with Crippen molar-refractivity contribution in [3.63, 3.8) is 0 Å². The van der Waals surface area contributed by atoms with Crippen molar-refractivity contribution in [3.05, 3.63) is 35.3 Å². The Morgan fingerprint density at radius 1 is 1.27 bits per heavy atom. The number of amides is 2. The van der Waals surface area contributed by atoms with Crippen molar-refractivity contribution in [2.45, 2.75) is 45.1 Å². The number of nitriles is 1. The predicted octanol–water partition coefficient (Wildman–Crippen LogP) is 3.29. The molecular formula is C24H25N9O4. The number of carboxylic acid groups (broad SMARTS) is 1. The van der Waals surface area contributed by atoms with Gasteiger partial charge in [-0.15, -0.1) is 0 Å². The van der Waals surface area contributed by atoms with E-state index in [0.29, 0.717) is 47.5 Å². The van der Waals surface area contributed by atoms with E-state index in [0.717, 1.165) is 0 Å². The van der Waals surface area contributed by atoms with Gasteiger partial charge in [-0.2, -0.15) is 15.3 Å². The molecule has 1 aliphatic heterocycles. The number of nitrogens with zero attached hydrogens (tertiary/aromatic N) is 7. The molecule has 0 unspecified atom stereocenters. The second-order valence-corrected chi connectivity index (χ2v) is 9.97. The predicted molar refractivity (Wildman–Crippen MR) is 133 cm³/mol. The Morgan fingerprint density at radius 2 is 2.05 bits per heavy atom. The number of carbonyl (C=O) groups is 2. The van der Waals surface area contributed by atoms with Gasteiger partial charge < -0.3 is 20.2 Å². The molecule has 0 saturated carbocycles. The molecule has 1 saturated heterocycles. The van der Waals surface area contributed by atoms with Crippen LogP contribution >= 0.6 is 0 Å². The Balaban J connectivity index is 1.58. The zero-order valence-corrected chi connectivity index (χ0v) is 20.5. The topological polar surface area (TPSA) is 189 Å². The number of hydrogen-bond donors (Lipinski definition) is 3. The zero-order chi connectivity index (χ0) is 26.5. The first kappa shape index (κ1) is 24.0. The number of nitrogens with one attached hydrogen (secondary N) is 1. The number of piperidine rings is 1. The average Bonchev–Trinajstić information content (AvgIpc) is 3.44. The first-order valence-corrected chi connectivity index (χ1v) is 11.7. The molecule has 1 aliphatic rings. The fraction of sp³-hybridized carbons (Fsp3) is 0.375. The first-order chi connectivity index (χ1) is 17.5. The molecular weight excluding hydrogens is 478 g/mol. The molecule has 13 nitrogen and oxygen atoms in total. The van der Waals surface area contributed by atoms with Gasteiger partial charge in [0.15, 0.2) is 16.9 Å². The minimum absolute atomic E-state index is 0.0274. The fourth-order valence-electron chi connectivity index (χ4n) is 4.35. The average molecular weight is 504 g/mol. The lowest BCUT2D eigenvalue weighted by molar-refractivity contribution is 0.101. The molecule has 1 atom stereocenters. The van der Waals surface area contributed by atoms with Crippen molar-refractivity contribution >= 4 is 46.0 Å². The third-order valence-electron chi connectivity index (χ3n) is 6.22. The van der Waals surface area contributed by atoms with Crippen LogP contribution in [-0.2, 0) is 5.41 Å². The number of fused-ring (bicyclic) bond motifs is 2. The van der Waals surface area contributed by atoms with Crippen LogP contribution in [0.1, 0.15) is 61.5 Å². The van der Waals surface area contributed by atoms with Gasteiger partial charge in [0.2, 0.25) is 0 Å². The zero-order valence-electron chi connectivity index (χ0n) is 20.5. The van der Waals surface area contributed by atoms with Gasteiger partial charge in [0.25, 0.3) is 5.91 Å². The summed E-state index contributed by atoms with van der Waals surface area (Å²) >= 11 is 0. The highest BCUT2D eigenvalue weighted by atomic mass is 16.4. The van der Waals surface area contributed by atoms with Crippen LogP contribution in [0.3, 0.4) is 0 Å². The maximum Gasteiger partial charge on any atom is 0.407 e. The number of carbonyl (C=O) groups excluding carboxylic acids is 1. The fourth-order valence-corrected chi connectivity index (χ4v) is 4.35. The van der Waals surface area contributed by atoms with Crippen molar-refractivity contribution in [3.8, 4) is 6.07 Å². The highest BCUT2D eigenvalue weighted by Crippen LogP contribution is 2.32. The van der Waals surface area contributed by atoms with E-state index in [1.807, 2.05) is 26.8 Å². The third-order valence-corrected chi connectivity index (χ3v) is 6.22. The largest absolute Gasteiger partial charge is 0.465 e. The van der Waals surface area contributed by atoms with Gasteiger partial charge in [0.05, 0.1) is 23.1 Å². The van der Waals surface area contributed by atoms with Crippen LogP contribution in [0.15, 0.2) is 22.6 Å². The molecule has 0 spiro atoms. The summed E-state index contributed by atoms with van der Waals surface area (Å²) < 4.78 is 7.19. The quantitative estimate of drug-likeness (QED) is 0.374. The molecule has 4 aromatic rings. The van der Waals surface area contributed by atoms with Crippen molar-refractivity contribution in [1.82, 2.24) is 29.6 Å². The van der Waals surface area contributed by atoms with E-state index in [-0.39, 0.29) is 35.5 Å². The lowest BCUT2D eigenvalue weighted by Crippen LogP contribution is -2.40. The lowest BCUT2D eigenvalue weighted by atomic mass is 9.95. The normalized spacial score (nSPS) is 16.2. The SMILES string of the molecule is CC(C)(C)c1nc(N)c2c(C(=O)Nc3nc4cc(C#N)ccc4o3)nn([C@@H]3CCCN(C(=O)O)C3)c2n1. The van der Waals surface area contributed by atoms with E-state index in [1.165, 1.54) is 4.90 Å². The molecule has 5 rings (SSSR count). The molecule has 0 bridgehead atoms. The number of benzene rings is 1. The minimum Gasteiger partial charge on any atom is -0.465 e. The highest BCUT2D eigenvalue weighted by molar-refractivity contribution is 6.12. The van der Waals surface area contributed by atoms with Gasteiger partial charge in [0, 0.05) is 18.5 Å². The number of hydrogen-bond acceptors (Lipinski definition) is 9. The van der Waals surface area contributed by atoms with Gasteiger partial charge in [-0.05, 0) is 31.0 Å². The number of rotatable bonds is 3. The van der Waals surface area contributed by atoms with Crippen molar-refractivity contribution in [1.29, 1.82) is 5.26 Å². The maximum absolute atomic E-state index is 13.4. The molecule has 0 radical (unpaired) electrons. The summed E-state index contributed by atoms with van der Waals surface area (Å²) in [5.74, 6) is -0.0715. The van der Waals surface area contributed by atoms with E-state index >= 15 is 0 Å². The summed E-state index contributed by atoms with van der Waals surface area (Å²) in [7, 11) is 0. The Bertz CT molecular complexity index is 1590. The summed E-state index contributed by atoms with van der Waals surface area (Å²) in [5.41, 5.74) is 7.46. The molecule has 13 heteroatoms. The minimum atomic E-state index is -1.01. The smallest absolute Gasteiger partial charge is 0.407 e. The Morgan fingerprint density at radius 3 is 2.76 bits per heavy atom. The van der Waals surface area contributed by atoms with Crippen LogP contribution in [0.2, 0.25) is 0 Å². The van der Waals surface area contributed by atoms with Gasteiger partial charge in [0.1, 0.15) is 17.2 Å². The number of nitrogen functional groups attached to an aromatic ring is 1. The maximum atomic E-state index is 13.4. The van der Waals surface area contributed by atoms with E-state index in [9.17, 15) is 14.7 Å². The number of anilines is 2. The monoisotopic (exact) mass is 503 g/mol. The van der Waals surface area contributed by atoms with Crippen LogP contribution in [0, 0.1) is 11.3 Å². The standard InChI is InChI=1S/C24H25N9O4/c1-24(2,3)21-28-18(26)16-17(20(34)30-22-27-14-9-12(10-25)6-7-15(14)37-22)31-33(19(16)29-21)13-5-4-8-32(11-13)23(35)36/h6-7,9,13H,4-5,8,11H2,1-3H3,(H,35,36)(H2,26,28,29)(H,27,30,34)/t13-/m1/s1. The van der Waals surface area contributed by atoms with Crippen LogP contribution < -0.4 is 11.1 Å². The van der Waals surface area contributed by atoms with Crippen LogP contribution in [0.25, 0.3) is 22.1 Å². The second kappa shape index (κ2) is 8.74. The number of aromatic nitrogens is 5. The lowest BCUT2D eigenvalue weighted by Gasteiger charge is -2.31. The van der Waals surface area contributed by atoms with E-state index < -0.39 is 17.4 Å². The third kappa shape index (κ3) is 4.37. The van der Waals surface area contributed by atoms with E-state index in [2.05, 4.69) is 20.4 Å². The molecule has 3 aromatic heterocycles. The highest BCUT2D eigenvalue weighted by Gasteiger charge is 2.32. The van der Waals surface area contributed by atoms with Crippen molar-refractivity contribution in [2.24, 2.45) is 0 Å². The van der Waals surface area contributed by atoms with Crippen molar-refractivity contribution < 1.29 is 19.1 Å². The molecule has 4 heterocycles. The second-order valence-electron chi connectivity index (χ2n) is 9.97. The van der Waals surface area contributed by atoms with Crippen molar-refractivity contribution in [2.75, 3.05) is 24.1 Å². The number of likely N-dealkylation sites (tertiary alicyclic amines) is 1. The van der Waals surface area contributed by atoms with Gasteiger partial charge in [-0.3, -0.25) is 10.1 Å². The molecule has 1 aromatic carbocycles. The summed E-state index contributed by atoms with van der Waals surface area (Å²) in [4.78, 5) is 39.7. The molecule has 37 heavy (non-hydrogen) atoms. The molecule has 2 amide bonds. The molecule has 4 N–H and O–H groups in total. The van der Waals surface area contributed by atoms with Crippen LogP contribution in [-0.4, -0.2) is 59.8 Å². The van der Waals surface area contributed by atoms with Gasteiger partial charge in [-0.25, -0.2) is 19.4 Å². The molecule has 1 fully saturated rings. The Hall–Kier alpha value is -4.73. The van der Waals surface area contributed by atoms with Crippen LogP contribution in [0.4, 0.5) is 16.6 Å². The molecule has 190 valence electrons. The van der Waals surface area contributed by atoms with Gasteiger partial charge >= 0.3 is 12.1 Å². The summed E-state index contributed by atoms with van der Waals surface area (Å²) in [6.45, 7) is 6.46. The van der Waals surface area contributed by atoms with Crippen LogP contribution in [0.5, 0.6) is 0 Å². The summed E-state index contributed by atoms with van der Waals surface area (Å²) in [6, 6.07) is 6.35. The Labute approximate surface area is 210 Å². The Kier molecular flexibility index (Phi) is 5.66. The summed E-state index contributed by atoms with van der Waals surface area (Å²) in [5, 5.41) is 26.0. The van der Waals surface area contributed by atoms with E-state index in [4.69, 9.17) is 20.4 Å². The number of nitrogens with two attached hydrogens (primary N) is 1.